The molecule has 0 saturated carbocycles. The van der Waals surface area contributed by atoms with E-state index in [9.17, 15) is 9.59 Å². The number of hydrogen-bond acceptors (Lipinski definition) is 4. The second-order valence-corrected chi connectivity index (χ2v) is 7.10. The molecule has 2 aromatic rings. The highest BCUT2D eigenvalue weighted by atomic mass is 16.5. The summed E-state index contributed by atoms with van der Waals surface area (Å²) < 4.78 is 7.45. The molecule has 1 aromatic carbocycles. The van der Waals surface area contributed by atoms with Gasteiger partial charge in [0.25, 0.3) is 5.91 Å². The van der Waals surface area contributed by atoms with Crippen molar-refractivity contribution < 1.29 is 14.3 Å². The Morgan fingerprint density at radius 1 is 1.26 bits per heavy atom. The van der Waals surface area contributed by atoms with E-state index in [0.29, 0.717) is 38.2 Å². The van der Waals surface area contributed by atoms with E-state index in [1.807, 2.05) is 25.1 Å². The van der Waals surface area contributed by atoms with E-state index in [-0.39, 0.29) is 11.8 Å². The van der Waals surface area contributed by atoms with Crippen LogP contribution in [0.2, 0.25) is 0 Å². The predicted octanol–water partition coefficient (Wildman–Crippen LogP) is 1.78. The van der Waals surface area contributed by atoms with E-state index >= 15 is 0 Å². The Labute approximate surface area is 159 Å². The summed E-state index contributed by atoms with van der Waals surface area (Å²) >= 11 is 0. The molecule has 0 radical (unpaired) electrons. The summed E-state index contributed by atoms with van der Waals surface area (Å²) in [5.41, 5.74) is 3.43. The third kappa shape index (κ3) is 4.30. The maximum atomic E-state index is 12.9. The molecule has 3 rings (SSSR count). The molecule has 1 aliphatic heterocycles. The van der Waals surface area contributed by atoms with Crippen molar-refractivity contribution in [3.8, 4) is 5.75 Å². The first-order valence-corrected chi connectivity index (χ1v) is 9.10. The molecule has 0 saturated heterocycles. The highest BCUT2D eigenvalue weighted by Crippen LogP contribution is 2.26. The van der Waals surface area contributed by atoms with Crippen LogP contribution in [0.15, 0.2) is 24.3 Å². The van der Waals surface area contributed by atoms with E-state index < -0.39 is 0 Å². The summed E-state index contributed by atoms with van der Waals surface area (Å²) in [7, 11) is 5.30. The lowest BCUT2D eigenvalue weighted by atomic mass is 10.0. The number of rotatable bonds is 4. The monoisotopic (exact) mass is 370 g/mol. The maximum Gasteiger partial charge on any atom is 0.272 e. The van der Waals surface area contributed by atoms with Crippen LogP contribution in [-0.2, 0) is 24.8 Å². The number of ether oxygens (including phenoxy) is 1. The number of fused-ring (bicyclic) bond motifs is 1. The van der Waals surface area contributed by atoms with E-state index in [4.69, 9.17) is 4.74 Å². The van der Waals surface area contributed by atoms with Gasteiger partial charge in [0, 0.05) is 39.7 Å². The third-order valence-corrected chi connectivity index (χ3v) is 4.74. The summed E-state index contributed by atoms with van der Waals surface area (Å²) in [5.74, 6) is 0.849. The number of aryl methyl sites for hydroxylation is 3. The molecule has 2 heterocycles. The number of aromatic nitrogens is 2. The molecule has 1 aliphatic rings. The molecule has 27 heavy (non-hydrogen) atoms. The van der Waals surface area contributed by atoms with Crippen molar-refractivity contribution in [1.29, 1.82) is 0 Å². The van der Waals surface area contributed by atoms with Gasteiger partial charge < -0.3 is 14.5 Å². The summed E-state index contributed by atoms with van der Waals surface area (Å²) in [6.45, 7) is 3.33. The minimum Gasteiger partial charge on any atom is -0.491 e. The van der Waals surface area contributed by atoms with Crippen molar-refractivity contribution in [2.24, 2.45) is 7.05 Å². The van der Waals surface area contributed by atoms with Crippen LogP contribution in [0.5, 0.6) is 5.75 Å². The first-order chi connectivity index (χ1) is 12.8. The van der Waals surface area contributed by atoms with Gasteiger partial charge in [0.1, 0.15) is 18.1 Å². The summed E-state index contributed by atoms with van der Waals surface area (Å²) in [6.07, 6.45) is 1.13. The smallest absolute Gasteiger partial charge is 0.272 e. The number of hydrogen-bond donors (Lipinski definition) is 0. The summed E-state index contributed by atoms with van der Waals surface area (Å²) in [4.78, 5) is 28.2. The molecular weight excluding hydrogens is 344 g/mol. The van der Waals surface area contributed by atoms with Gasteiger partial charge in [-0.25, -0.2) is 0 Å². The van der Waals surface area contributed by atoms with Crippen molar-refractivity contribution in [2.75, 3.05) is 27.2 Å². The third-order valence-electron chi connectivity index (χ3n) is 4.74. The Bertz CT molecular complexity index is 857. The lowest BCUT2D eigenvalue weighted by Gasteiger charge is -2.20. The molecular formula is C20H26N4O3. The van der Waals surface area contributed by atoms with Gasteiger partial charge in [-0.3, -0.25) is 14.3 Å². The fourth-order valence-electron chi connectivity index (χ4n) is 3.22. The number of nitrogens with zero attached hydrogens (tertiary/aromatic N) is 4. The van der Waals surface area contributed by atoms with Gasteiger partial charge in [-0.05, 0) is 31.0 Å². The maximum absolute atomic E-state index is 12.9. The molecule has 0 spiro atoms. The molecule has 144 valence electrons. The van der Waals surface area contributed by atoms with Crippen LogP contribution < -0.4 is 4.74 Å². The number of amides is 2. The summed E-state index contributed by atoms with van der Waals surface area (Å²) in [6, 6.07) is 7.77. The molecule has 7 nitrogen and oxygen atoms in total. The second-order valence-electron chi connectivity index (χ2n) is 7.10. The SMILES string of the molecule is Cc1cc(C(=O)N2CCOc3ccc(CCC(=O)N(C)C)cc3C2)n(C)n1. The zero-order valence-electron chi connectivity index (χ0n) is 16.4. The van der Waals surface area contributed by atoms with Crippen LogP contribution >= 0.6 is 0 Å². The van der Waals surface area contributed by atoms with Gasteiger partial charge in [0.2, 0.25) is 5.91 Å². The Morgan fingerprint density at radius 3 is 2.70 bits per heavy atom. The minimum absolute atomic E-state index is 0.0530. The average molecular weight is 370 g/mol. The number of benzene rings is 1. The normalized spacial score (nSPS) is 13.6. The van der Waals surface area contributed by atoms with Gasteiger partial charge in [-0.1, -0.05) is 12.1 Å². The molecule has 7 heteroatoms. The molecule has 0 bridgehead atoms. The van der Waals surface area contributed by atoms with Crippen molar-refractivity contribution in [1.82, 2.24) is 19.6 Å². The number of carbonyl (C=O) groups excluding carboxylic acids is 2. The van der Waals surface area contributed by atoms with Crippen LogP contribution in [0, 0.1) is 6.92 Å². The van der Waals surface area contributed by atoms with E-state index in [1.54, 1.807) is 41.7 Å². The van der Waals surface area contributed by atoms with Gasteiger partial charge in [0.05, 0.1) is 12.2 Å². The number of carbonyl (C=O) groups is 2. The predicted molar refractivity (Wildman–Crippen MR) is 102 cm³/mol. The zero-order valence-corrected chi connectivity index (χ0v) is 16.4. The highest BCUT2D eigenvalue weighted by molar-refractivity contribution is 5.92. The highest BCUT2D eigenvalue weighted by Gasteiger charge is 2.23. The van der Waals surface area contributed by atoms with Crippen molar-refractivity contribution in [3.05, 3.63) is 46.8 Å². The van der Waals surface area contributed by atoms with Crippen LogP contribution in [0.4, 0.5) is 0 Å². The van der Waals surface area contributed by atoms with Gasteiger partial charge >= 0.3 is 0 Å². The molecule has 2 amide bonds. The van der Waals surface area contributed by atoms with Crippen LogP contribution in [0.25, 0.3) is 0 Å². The molecule has 0 fully saturated rings. The molecule has 1 aromatic heterocycles. The Balaban J connectivity index is 1.77. The standard InChI is InChI=1S/C20H26N4O3/c1-14-11-17(23(4)21-14)20(26)24-9-10-27-18-7-5-15(12-16(18)13-24)6-8-19(25)22(2)3/h5,7,11-12H,6,8-10,13H2,1-4H3. The Hall–Kier alpha value is -2.83. The fraction of sp³-hybridized carbons (Fsp3) is 0.450. The zero-order chi connectivity index (χ0) is 19.6. The largest absolute Gasteiger partial charge is 0.491 e. The Kier molecular flexibility index (Phi) is 5.48. The first kappa shape index (κ1) is 18.9. The van der Waals surface area contributed by atoms with E-state index in [2.05, 4.69) is 5.10 Å². The topological polar surface area (TPSA) is 67.7 Å². The van der Waals surface area contributed by atoms with Crippen LogP contribution in [0.3, 0.4) is 0 Å². The molecule has 0 unspecified atom stereocenters. The van der Waals surface area contributed by atoms with E-state index in [0.717, 1.165) is 22.6 Å². The Morgan fingerprint density at radius 2 is 2.04 bits per heavy atom. The molecule has 0 aliphatic carbocycles. The minimum atomic E-state index is -0.0530. The lowest BCUT2D eigenvalue weighted by Crippen LogP contribution is -2.33. The lowest BCUT2D eigenvalue weighted by molar-refractivity contribution is -0.128. The molecule has 0 N–H and O–H groups in total. The second kappa shape index (κ2) is 7.82. The fourth-order valence-corrected chi connectivity index (χ4v) is 3.22. The average Bonchev–Trinajstić information content (AvgIpc) is 2.84. The summed E-state index contributed by atoms with van der Waals surface area (Å²) in [5, 5.41) is 4.27. The van der Waals surface area contributed by atoms with Gasteiger partial charge in [-0.15, -0.1) is 0 Å². The first-order valence-electron chi connectivity index (χ1n) is 9.10. The van der Waals surface area contributed by atoms with Gasteiger partial charge in [-0.2, -0.15) is 5.10 Å². The van der Waals surface area contributed by atoms with Crippen molar-refractivity contribution in [2.45, 2.75) is 26.3 Å². The van der Waals surface area contributed by atoms with Crippen LogP contribution in [-0.4, -0.2) is 58.6 Å². The van der Waals surface area contributed by atoms with Gasteiger partial charge in [0.15, 0.2) is 0 Å². The van der Waals surface area contributed by atoms with Crippen molar-refractivity contribution in [3.63, 3.8) is 0 Å². The molecule has 0 atom stereocenters. The van der Waals surface area contributed by atoms with Crippen LogP contribution in [0.1, 0.15) is 33.7 Å². The van der Waals surface area contributed by atoms with Crippen molar-refractivity contribution >= 4 is 11.8 Å². The van der Waals surface area contributed by atoms with E-state index in [1.165, 1.54) is 0 Å². The quantitative estimate of drug-likeness (QED) is 0.823.